The highest BCUT2D eigenvalue weighted by molar-refractivity contribution is 5.29. The van der Waals surface area contributed by atoms with E-state index in [4.69, 9.17) is 4.74 Å². The van der Waals surface area contributed by atoms with Crippen LogP contribution in [0.3, 0.4) is 0 Å². The lowest BCUT2D eigenvalue weighted by Crippen LogP contribution is -2.35. The molecule has 2 nitrogen and oxygen atoms in total. The number of benzene rings is 1. The maximum Gasteiger partial charge on any atom is 0.165 e. The van der Waals surface area contributed by atoms with Gasteiger partial charge >= 0.3 is 0 Å². The van der Waals surface area contributed by atoms with E-state index in [0.717, 1.165) is 18.4 Å². The minimum absolute atomic E-state index is 0.0290. The van der Waals surface area contributed by atoms with Gasteiger partial charge in [-0.25, -0.2) is 4.39 Å². The fourth-order valence-corrected chi connectivity index (χ4v) is 1.95. The number of rotatable bonds is 7. The zero-order valence-electron chi connectivity index (χ0n) is 13.4. The van der Waals surface area contributed by atoms with Gasteiger partial charge in [0.1, 0.15) is 0 Å². The first kappa shape index (κ1) is 17.0. The molecule has 0 aliphatic carbocycles. The second-order valence-corrected chi connectivity index (χ2v) is 6.57. The Morgan fingerprint density at radius 2 is 2.00 bits per heavy atom. The molecule has 0 saturated carbocycles. The van der Waals surface area contributed by atoms with Crippen LogP contribution < -0.4 is 10.1 Å². The van der Waals surface area contributed by atoms with Crippen molar-refractivity contribution in [2.75, 3.05) is 6.61 Å². The van der Waals surface area contributed by atoms with Crippen molar-refractivity contribution in [1.29, 1.82) is 0 Å². The molecule has 0 aliphatic heterocycles. The van der Waals surface area contributed by atoms with E-state index < -0.39 is 0 Å². The molecule has 0 saturated heterocycles. The lowest BCUT2D eigenvalue weighted by Gasteiger charge is -2.20. The van der Waals surface area contributed by atoms with Crippen molar-refractivity contribution in [3.05, 3.63) is 29.6 Å². The van der Waals surface area contributed by atoms with Crippen LogP contribution in [-0.2, 0) is 6.54 Å². The molecule has 114 valence electrons. The number of halogens is 1. The minimum Gasteiger partial charge on any atom is -0.490 e. The standard InChI is InChI=1S/C17H28FNO/c1-6-7-13(2)12-20-16-9-8-14(10-15(16)18)11-19-17(3,4)5/h8-10,13,19H,6-7,11-12H2,1-5H3. The molecule has 1 rings (SSSR count). The van der Waals surface area contributed by atoms with E-state index in [9.17, 15) is 4.39 Å². The van der Waals surface area contributed by atoms with Gasteiger partial charge in [-0.15, -0.1) is 0 Å². The second-order valence-electron chi connectivity index (χ2n) is 6.57. The van der Waals surface area contributed by atoms with E-state index in [1.165, 1.54) is 0 Å². The fourth-order valence-electron chi connectivity index (χ4n) is 1.95. The highest BCUT2D eigenvalue weighted by atomic mass is 19.1. The SMILES string of the molecule is CCCC(C)COc1ccc(CNC(C)(C)C)cc1F. The highest BCUT2D eigenvalue weighted by Crippen LogP contribution is 2.20. The van der Waals surface area contributed by atoms with E-state index in [0.29, 0.717) is 24.8 Å². The van der Waals surface area contributed by atoms with Crippen molar-refractivity contribution in [3.63, 3.8) is 0 Å². The maximum absolute atomic E-state index is 14.0. The lowest BCUT2D eigenvalue weighted by atomic mass is 10.1. The number of ether oxygens (including phenoxy) is 1. The Bertz CT molecular complexity index is 412. The van der Waals surface area contributed by atoms with Gasteiger partial charge in [0.05, 0.1) is 6.61 Å². The first-order chi connectivity index (χ1) is 9.31. The van der Waals surface area contributed by atoms with Crippen LogP contribution >= 0.6 is 0 Å². The molecular weight excluding hydrogens is 253 g/mol. The van der Waals surface area contributed by atoms with Crippen molar-refractivity contribution in [3.8, 4) is 5.75 Å². The molecule has 0 aromatic heterocycles. The van der Waals surface area contributed by atoms with Crippen LogP contribution in [0.2, 0.25) is 0 Å². The molecule has 1 N–H and O–H groups in total. The van der Waals surface area contributed by atoms with E-state index in [1.54, 1.807) is 12.1 Å². The summed E-state index contributed by atoms with van der Waals surface area (Å²) in [6, 6.07) is 5.20. The van der Waals surface area contributed by atoms with E-state index in [-0.39, 0.29) is 11.4 Å². The zero-order valence-corrected chi connectivity index (χ0v) is 13.4. The first-order valence-electron chi connectivity index (χ1n) is 7.48. The maximum atomic E-state index is 14.0. The number of nitrogens with one attached hydrogen (secondary N) is 1. The largest absolute Gasteiger partial charge is 0.490 e. The molecule has 1 aromatic rings. The van der Waals surface area contributed by atoms with Gasteiger partial charge in [-0.1, -0.05) is 26.3 Å². The summed E-state index contributed by atoms with van der Waals surface area (Å²) in [4.78, 5) is 0. The van der Waals surface area contributed by atoms with Gasteiger partial charge in [0, 0.05) is 12.1 Å². The Morgan fingerprint density at radius 1 is 1.30 bits per heavy atom. The summed E-state index contributed by atoms with van der Waals surface area (Å²) >= 11 is 0. The molecule has 1 unspecified atom stereocenters. The Hall–Kier alpha value is -1.09. The molecule has 0 bridgehead atoms. The molecule has 20 heavy (non-hydrogen) atoms. The third-order valence-electron chi connectivity index (χ3n) is 3.12. The van der Waals surface area contributed by atoms with Crippen LogP contribution in [0, 0.1) is 11.7 Å². The summed E-state index contributed by atoms with van der Waals surface area (Å²) in [7, 11) is 0. The van der Waals surface area contributed by atoms with Crippen molar-refractivity contribution in [2.24, 2.45) is 5.92 Å². The molecule has 0 amide bonds. The van der Waals surface area contributed by atoms with Gasteiger partial charge in [-0.05, 0) is 50.8 Å². The molecule has 1 atom stereocenters. The van der Waals surface area contributed by atoms with Gasteiger partial charge < -0.3 is 10.1 Å². The molecule has 0 heterocycles. The van der Waals surface area contributed by atoms with Gasteiger partial charge in [-0.2, -0.15) is 0 Å². The molecule has 1 aromatic carbocycles. The normalized spacial score (nSPS) is 13.3. The van der Waals surface area contributed by atoms with Gasteiger partial charge in [-0.3, -0.25) is 0 Å². The Kier molecular flexibility index (Phi) is 6.47. The van der Waals surface area contributed by atoms with Crippen molar-refractivity contribution in [2.45, 2.75) is 59.5 Å². The van der Waals surface area contributed by atoms with Gasteiger partial charge in [0.2, 0.25) is 0 Å². The summed E-state index contributed by atoms with van der Waals surface area (Å²) in [5.41, 5.74) is 0.965. The quantitative estimate of drug-likeness (QED) is 0.793. The molecule has 0 fully saturated rings. The smallest absolute Gasteiger partial charge is 0.165 e. The highest BCUT2D eigenvalue weighted by Gasteiger charge is 2.11. The molecule has 0 spiro atoms. The number of hydrogen-bond acceptors (Lipinski definition) is 2. The van der Waals surface area contributed by atoms with Crippen LogP contribution in [0.5, 0.6) is 5.75 Å². The Labute approximate surface area is 122 Å². The van der Waals surface area contributed by atoms with Crippen LogP contribution in [0.25, 0.3) is 0 Å². The van der Waals surface area contributed by atoms with E-state index >= 15 is 0 Å². The second kappa shape index (κ2) is 7.63. The van der Waals surface area contributed by atoms with Crippen LogP contribution in [0.1, 0.15) is 53.0 Å². The topological polar surface area (TPSA) is 21.3 Å². The van der Waals surface area contributed by atoms with Gasteiger partial charge in [0.15, 0.2) is 11.6 Å². The fraction of sp³-hybridized carbons (Fsp3) is 0.647. The van der Waals surface area contributed by atoms with E-state index in [1.807, 2.05) is 6.07 Å². The third kappa shape index (κ3) is 6.38. The Balaban J connectivity index is 2.55. The monoisotopic (exact) mass is 281 g/mol. The molecule has 0 radical (unpaired) electrons. The van der Waals surface area contributed by atoms with Gasteiger partial charge in [0.25, 0.3) is 0 Å². The molecule has 0 aliphatic rings. The average Bonchev–Trinajstić information content (AvgIpc) is 2.34. The van der Waals surface area contributed by atoms with Crippen LogP contribution in [0.15, 0.2) is 18.2 Å². The summed E-state index contributed by atoms with van der Waals surface area (Å²) in [5.74, 6) is 0.538. The van der Waals surface area contributed by atoms with Crippen molar-refractivity contribution in [1.82, 2.24) is 5.32 Å². The summed E-state index contributed by atoms with van der Waals surface area (Å²) in [5, 5.41) is 3.34. The van der Waals surface area contributed by atoms with Crippen LogP contribution in [0.4, 0.5) is 4.39 Å². The summed E-state index contributed by atoms with van der Waals surface area (Å²) in [6.07, 6.45) is 2.24. The first-order valence-corrected chi connectivity index (χ1v) is 7.48. The van der Waals surface area contributed by atoms with Crippen LogP contribution in [-0.4, -0.2) is 12.1 Å². The number of hydrogen-bond donors (Lipinski definition) is 1. The third-order valence-corrected chi connectivity index (χ3v) is 3.12. The summed E-state index contributed by atoms with van der Waals surface area (Å²) in [6.45, 7) is 11.8. The zero-order chi connectivity index (χ0) is 15.2. The van der Waals surface area contributed by atoms with Crippen molar-refractivity contribution < 1.29 is 9.13 Å². The van der Waals surface area contributed by atoms with E-state index in [2.05, 4.69) is 39.9 Å². The predicted octanol–water partition coefficient (Wildman–Crippen LogP) is 4.53. The summed E-state index contributed by atoms with van der Waals surface area (Å²) < 4.78 is 19.5. The molecular formula is C17H28FNO. The predicted molar refractivity (Wildman–Crippen MR) is 82.6 cm³/mol. The molecule has 3 heteroatoms. The minimum atomic E-state index is -0.276. The Morgan fingerprint density at radius 3 is 2.55 bits per heavy atom. The lowest BCUT2D eigenvalue weighted by molar-refractivity contribution is 0.241. The average molecular weight is 281 g/mol. The van der Waals surface area contributed by atoms with Crippen molar-refractivity contribution >= 4 is 0 Å².